The van der Waals surface area contributed by atoms with Gasteiger partial charge in [0.05, 0.1) is 5.54 Å². The third-order valence-corrected chi connectivity index (χ3v) is 3.74. The van der Waals surface area contributed by atoms with Crippen LogP contribution < -0.4 is 11.1 Å². The Hall–Kier alpha value is -2.07. The van der Waals surface area contributed by atoms with Crippen molar-refractivity contribution in [2.24, 2.45) is 11.7 Å². The van der Waals surface area contributed by atoms with Gasteiger partial charge in [-0.15, -0.1) is 0 Å². The molecule has 2 rings (SSSR count). The lowest BCUT2D eigenvalue weighted by Gasteiger charge is -2.31. The number of carbonyl (C=O) groups excluding carboxylic acids is 1. The molecule has 22 heavy (non-hydrogen) atoms. The molecule has 4 heteroatoms. The zero-order valence-corrected chi connectivity index (χ0v) is 13.5. The highest BCUT2D eigenvalue weighted by Gasteiger charge is 2.26. The van der Waals surface area contributed by atoms with E-state index in [2.05, 4.69) is 24.1 Å². The van der Waals surface area contributed by atoms with E-state index in [1.165, 1.54) is 0 Å². The Morgan fingerprint density at radius 3 is 2.50 bits per heavy atom. The molecule has 1 aromatic heterocycles. The predicted octanol–water partition coefficient (Wildman–Crippen LogP) is 3.18. The highest BCUT2D eigenvalue weighted by Crippen LogP contribution is 2.19. The molecule has 4 N–H and O–H groups in total. The molecule has 0 saturated carbocycles. The molecule has 0 aliphatic heterocycles. The lowest BCUT2D eigenvalue weighted by molar-refractivity contribution is 0.0894. The summed E-state index contributed by atoms with van der Waals surface area (Å²) in [6.45, 7) is 6.67. The van der Waals surface area contributed by atoms with Crippen molar-refractivity contribution in [2.45, 2.75) is 32.7 Å². The number of hydrogen-bond donors (Lipinski definition) is 3. The van der Waals surface area contributed by atoms with Crippen molar-refractivity contribution in [3.05, 3.63) is 48.2 Å². The molecular weight excluding hydrogens is 274 g/mol. The van der Waals surface area contributed by atoms with Crippen molar-refractivity contribution in [3.63, 3.8) is 0 Å². The van der Waals surface area contributed by atoms with Crippen LogP contribution in [-0.2, 0) is 0 Å². The third-order valence-electron chi connectivity index (χ3n) is 3.74. The van der Waals surface area contributed by atoms with Gasteiger partial charge < -0.3 is 16.0 Å². The van der Waals surface area contributed by atoms with Gasteiger partial charge in [-0.25, -0.2) is 0 Å². The number of amides is 1. The van der Waals surface area contributed by atoms with E-state index in [9.17, 15) is 4.79 Å². The number of carbonyl (C=O) groups is 1. The molecule has 118 valence electrons. The minimum Gasteiger partial charge on any atom is -0.351 e. The highest BCUT2D eigenvalue weighted by atomic mass is 16.2. The Kier molecular flexibility index (Phi) is 5.03. The Labute approximate surface area is 132 Å². The van der Waals surface area contributed by atoms with E-state index < -0.39 is 0 Å². The first-order valence-corrected chi connectivity index (χ1v) is 7.70. The SMILES string of the molecule is CC(C)CC(C)(CN)NC(=O)c1ccc(-c2ccccc2)[nH]1. The summed E-state index contributed by atoms with van der Waals surface area (Å²) >= 11 is 0. The molecular formula is C18H25N3O. The Bertz CT molecular complexity index is 618. The van der Waals surface area contributed by atoms with Crippen molar-refractivity contribution in [2.75, 3.05) is 6.54 Å². The molecule has 0 saturated heterocycles. The van der Waals surface area contributed by atoms with Crippen LogP contribution in [0.5, 0.6) is 0 Å². The number of nitrogens with two attached hydrogens (primary N) is 1. The highest BCUT2D eigenvalue weighted by molar-refractivity contribution is 5.93. The summed E-state index contributed by atoms with van der Waals surface area (Å²) in [5.41, 5.74) is 8.02. The summed E-state index contributed by atoms with van der Waals surface area (Å²) in [6.07, 6.45) is 0.849. The standard InChI is InChI=1S/C18H25N3O/c1-13(2)11-18(3,12-19)21-17(22)16-10-9-15(20-16)14-7-5-4-6-8-14/h4-10,13,20H,11-12,19H2,1-3H3,(H,21,22). The zero-order valence-electron chi connectivity index (χ0n) is 13.5. The molecule has 0 fully saturated rings. The fourth-order valence-corrected chi connectivity index (χ4v) is 2.74. The van der Waals surface area contributed by atoms with Gasteiger partial charge in [-0.3, -0.25) is 4.79 Å². The number of aromatic amines is 1. The lowest BCUT2D eigenvalue weighted by Crippen LogP contribution is -2.52. The molecule has 0 bridgehead atoms. The summed E-state index contributed by atoms with van der Waals surface area (Å²) < 4.78 is 0. The van der Waals surface area contributed by atoms with Gasteiger partial charge in [0.25, 0.3) is 5.91 Å². The second-order valence-corrected chi connectivity index (χ2v) is 6.47. The Morgan fingerprint density at radius 2 is 1.91 bits per heavy atom. The number of hydrogen-bond acceptors (Lipinski definition) is 2. The van der Waals surface area contributed by atoms with Gasteiger partial charge in [-0.1, -0.05) is 44.2 Å². The topological polar surface area (TPSA) is 70.9 Å². The van der Waals surface area contributed by atoms with Crippen LogP contribution in [0.2, 0.25) is 0 Å². The van der Waals surface area contributed by atoms with Crippen LogP contribution in [0.25, 0.3) is 11.3 Å². The van der Waals surface area contributed by atoms with Crippen LogP contribution in [0, 0.1) is 5.92 Å². The van der Waals surface area contributed by atoms with E-state index in [0.29, 0.717) is 18.2 Å². The monoisotopic (exact) mass is 299 g/mol. The number of benzene rings is 1. The fraction of sp³-hybridized carbons (Fsp3) is 0.389. The number of nitrogens with one attached hydrogen (secondary N) is 2. The van der Waals surface area contributed by atoms with Crippen molar-refractivity contribution >= 4 is 5.91 Å². The largest absolute Gasteiger partial charge is 0.351 e. The summed E-state index contributed by atoms with van der Waals surface area (Å²) in [6, 6.07) is 13.7. The summed E-state index contributed by atoms with van der Waals surface area (Å²) in [5.74, 6) is 0.355. The molecule has 0 spiro atoms. The first kappa shape index (κ1) is 16.3. The number of H-pyrrole nitrogens is 1. The van der Waals surface area contributed by atoms with Gasteiger partial charge in [0.2, 0.25) is 0 Å². The van der Waals surface area contributed by atoms with E-state index in [4.69, 9.17) is 5.73 Å². The minimum absolute atomic E-state index is 0.115. The summed E-state index contributed by atoms with van der Waals surface area (Å²) in [7, 11) is 0. The van der Waals surface area contributed by atoms with Crippen molar-refractivity contribution in [1.29, 1.82) is 0 Å². The van der Waals surface area contributed by atoms with Gasteiger partial charge in [0, 0.05) is 12.2 Å². The van der Waals surface area contributed by atoms with Gasteiger partial charge in [-0.2, -0.15) is 0 Å². The van der Waals surface area contributed by atoms with Gasteiger partial charge in [0.15, 0.2) is 0 Å². The van der Waals surface area contributed by atoms with Crippen LogP contribution in [0.4, 0.5) is 0 Å². The molecule has 1 atom stereocenters. The maximum absolute atomic E-state index is 12.4. The van der Waals surface area contributed by atoms with E-state index >= 15 is 0 Å². The predicted molar refractivity (Wildman–Crippen MR) is 90.6 cm³/mol. The van der Waals surface area contributed by atoms with Crippen molar-refractivity contribution < 1.29 is 4.79 Å². The molecule has 1 amide bonds. The molecule has 1 unspecified atom stereocenters. The lowest BCUT2D eigenvalue weighted by atomic mass is 9.90. The Morgan fingerprint density at radius 1 is 1.23 bits per heavy atom. The van der Waals surface area contributed by atoms with Gasteiger partial charge in [-0.05, 0) is 37.0 Å². The molecule has 0 aliphatic carbocycles. The number of rotatable bonds is 6. The molecule has 0 radical (unpaired) electrons. The van der Waals surface area contributed by atoms with Crippen LogP contribution in [0.1, 0.15) is 37.7 Å². The van der Waals surface area contributed by atoms with Gasteiger partial charge >= 0.3 is 0 Å². The first-order valence-electron chi connectivity index (χ1n) is 7.70. The second-order valence-electron chi connectivity index (χ2n) is 6.47. The molecule has 2 aromatic rings. The average Bonchev–Trinajstić information content (AvgIpc) is 2.97. The second kappa shape index (κ2) is 6.79. The maximum atomic E-state index is 12.4. The average molecular weight is 299 g/mol. The normalized spacial score (nSPS) is 13.9. The minimum atomic E-state index is -0.386. The summed E-state index contributed by atoms with van der Waals surface area (Å²) in [5, 5.41) is 3.06. The van der Waals surface area contributed by atoms with E-state index in [1.54, 1.807) is 0 Å². The van der Waals surface area contributed by atoms with Gasteiger partial charge in [0.1, 0.15) is 5.69 Å². The fourth-order valence-electron chi connectivity index (χ4n) is 2.74. The van der Waals surface area contributed by atoms with Crippen molar-refractivity contribution in [3.8, 4) is 11.3 Å². The van der Waals surface area contributed by atoms with Crippen molar-refractivity contribution in [1.82, 2.24) is 10.3 Å². The first-order chi connectivity index (χ1) is 10.4. The maximum Gasteiger partial charge on any atom is 0.268 e. The van der Waals surface area contributed by atoms with E-state index in [0.717, 1.165) is 17.7 Å². The zero-order chi connectivity index (χ0) is 16.2. The smallest absolute Gasteiger partial charge is 0.268 e. The molecule has 1 heterocycles. The van der Waals surface area contributed by atoms with Crippen LogP contribution in [0.15, 0.2) is 42.5 Å². The van der Waals surface area contributed by atoms with E-state index in [1.807, 2.05) is 49.4 Å². The van der Waals surface area contributed by atoms with Crippen LogP contribution in [-0.4, -0.2) is 23.0 Å². The van der Waals surface area contributed by atoms with E-state index in [-0.39, 0.29) is 11.4 Å². The Balaban J connectivity index is 2.12. The molecule has 4 nitrogen and oxygen atoms in total. The number of aromatic nitrogens is 1. The molecule has 0 aliphatic rings. The molecule has 1 aromatic carbocycles. The quantitative estimate of drug-likeness (QED) is 0.766. The summed E-state index contributed by atoms with van der Waals surface area (Å²) in [4.78, 5) is 15.6. The van der Waals surface area contributed by atoms with Crippen LogP contribution in [0.3, 0.4) is 0 Å². The van der Waals surface area contributed by atoms with Crippen LogP contribution >= 0.6 is 0 Å². The third kappa shape index (κ3) is 3.98.